The van der Waals surface area contributed by atoms with Crippen LogP contribution in [-0.4, -0.2) is 61.2 Å². The molecular formula is C19H17F3N4O4S. The second-order valence-corrected chi connectivity index (χ2v) is 8.75. The first kappa shape index (κ1) is 21.5. The first-order chi connectivity index (χ1) is 14.6. The van der Waals surface area contributed by atoms with E-state index in [0.29, 0.717) is 24.1 Å². The minimum Gasteiger partial charge on any atom is -0.380 e. The summed E-state index contributed by atoms with van der Waals surface area (Å²) in [6.45, 7) is 4.31. The second-order valence-electron chi connectivity index (χ2n) is 7.78. The number of alkyl halides is 3. The number of rotatable bonds is 4. The van der Waals surface area contributed by atoms with E-state index in [0.717, 1.165) is 37.6 Å². The van der Waals surface area contributed by atoms with E-state index in [1.54, 1.807) is 7.05 Å². The quantitative estimate of drug-likeness (QED) is 0.398. The molecular weight excluding hydrogens is 437 g/mol. The second kappa shape index (κ2) is 7.74. The van der Waals surface area contributed by atoms with Crippen molar-refractivity contribution in [1.82, 2.24) is 9.88 Å². The lowest BCUT2D eigenvalue weighted by atomic mass is 9.78. The maximum Gasteiger partial charge on any atom is 0.416 e. The molecule has 0 N–H and O–H groups in total. The van der Waals surface area contributed by atoms with Crippen molar-refractivity contribution in [3.05, 3.63) is 38.2 Å². The average Bonchev–Trinajstić information content (AvgIpc) is 2.63. The van der Waals surface area contributed by atoms with Gasteiger partial charge in [-0.1, -0.05) is 23.2 Å². The minimum absolute atomic E-state index is 0.143. The third-order valence-electron chi connectivity index (χ3n) is 5.22. The smallest absolute Gasteiger partial charge is 0.380 e. The van der Waals surface area contributed by atoms with E-state index in [2.05, 4.69) is 21.7 Å². The molecule has 2 aliphatic heterocycles. The van der Waals surface area contributed by atoms with Gasteiger partial charge in [0.1, 0.15) is 4.70 Å². The fourth-order valence-corrected chi connectivity index (χ4v) is 4.63. The molecule has 0 amide bonds. The summed E-state index contributed by atoms with van der Waals surface area (Å²) in [5, 5.41) is 11.1. The number of hydrogen-bond donors (Lipinski definition) is 0. The molecule has 0 bridgehead atoms. The van der Waals surface area contributed by atoms with Crippen molar-refractivity contribution in [3.63, 3.8) is 0 Å². The summed E-state index contributed by atoms with van der Waals surface area (Å²) < 4.78 is 44.2. The molecule has 164 valence electrons. The molecule has 31 heavy (non-hydrogen) atoms. The summed E-state index contributed by atoms with van der Waals surface area (Å²) in [6.07, 6.45) is -4.82. The summed E-state index contributed by atoms with van der Waals surface area (Å²) in [6, 6.07) is 1.04. The lowest BCUT2D eigenvalue weighted by molar-refractivity contribution is -0.383. The van der Waals surface area contributed by atoms with Crippen LogP contribution < -0.4 is 10.5 Å². The van der Waals surface area contributed by atoms with Crippen LogP contribution in [-0.2, 0) is 10.9 Å². The van der Waals surface area contributed by atoms with Crippen LogP contribution >= 0.6 is 11.3 Å². The van der Waals surface area contributed by atoms with Crippen LogP contribution in [0.5, 0.6) is 0 Å². The number of anilines is 1. The van der Waals surface area contributed by atoms with E-state index in [9.17, 15) is 28.1 Å². The molecule has 0 aliphatic carbocycles. The van der Waals surface area contributed by atoms with Gasteiger partial charge in [-0.3, -0.25) is 19.8 Å². The average molecular weight is 454 g/mol. The number of benzene rings is 1. The Labute approximate surface area is 178 Å². The lowest BCUT2D eigenvalue weighted by Crippen LogP contribution is -2.65. The van der Waals surface area contributed by atoms with E-state index in [4.69, 9.17) is 4.74 Å². The van der Waals surface area contributed by atoms with Gasteiger partial charge in [-0.25, -0.2) is 0 Å². The third-order valence-corrected chi connectivity index (χ3v) is 6.44. The molecule has 1 spiro atoms. The number of non-ortho nitro benzene ring substituents is 1. The minimum atomic E-state index is -4.82. The Morgan fingerprint density at radius 3 is 2.65 bits per heavy atom. The van der Waals surface area contributed by atoms with Gasteiger partial charge in [0, 0.05) is 31.6 Å². The fraction of sp³-hybridized carbons (Fsp3) is 0.474. The zero-order chi connectivity index (χ0) is 22.4. The number of fused-ring (bicyclic) bond motifs is 1. The molecule has 4 rings (SSSR count). The van der Waals surface area contributed by atoms with Crippen molar-refractivity contribution in [3.8, 4) is 11.8 Å². The van der Waals surface area contributed by atoms with Gasteiger partial charge in [0.05, 0.1) is 42.2 Å². The molecule has 2 aliphatic rings. The lowest BCUT2D eigenvalue weighted by Gasteiger charge is -2.54. The van der Waals surface area contributed by atoms with Crippen molar-refractivity contribution >= 4 is 32.2 Å². The zero-order valence-corrected chi connectivity index (χ0v) is 17.2. The standard InChI is InChI=1S/C19H17F3N4O4S/c1-24(4-2-3-5-25-8-18(9-25)10-30-11-18)17-23-16(27)13-6-12(19(20,21)22)7-14(26(28)29)15(13)31-17/h6-7H,4-5,8-11H2,1H3. The van der Waals surface area contributed by atoms with E-state index in [1.165, 1.54) is 4.90 Å². The maximum absolute atomic E-state index is 13.0. The van der Waals surface area contributed by atoms with E-state index in [1.807, 2.05) is 0 Å². The third kappa shape index (κ3) is 4.21. The van der Waals surface area contributed by atoms with Crippen molar-refractivity contribution in [2.75, 3.05) is 51.3 Å². The maximum atomic E-state index is 13.0. The van der Waals surface area contributed by atoms with Crippen LogP contribution in [0.2, 0.25) is 0 Å². The topological polar surface area (TPSA) is 88.8 Å². The number of ether oxygens (including phenoxy) is 1. The highest BCUT2D eigenvalue weighted by atomic mass is 32.1. The van der Waals surface area contributed by atoms with Gasteiger partial charge >= 0.3 is 6.18 Å². The Bertz CT molecular complexity index is 1160. The Hall–Kier alpha value is -2.75. The van der Waals surface area contributed by atoms with Gasteiger partial charge in [-0.2, -0.15) is 18.2 Å². The van der Waals surface area contributed by atoms with Crippen LogP contribution in [0.1, 0.15) is 5.56 Å². The van der Waals surface area contributed by atoms with Crippen LogP contribution in [0.3, 0.4) is 0 Å². The fourth-order valence-electron chi connectivity index (χ4n) is 3.60. The van der Waals surface area contributed by atoms with Crippen LogP contribution in [0.15, 0.2) is 16.9 Å². The van der Waals surface area contributed by atoms with Crippen molar-refractivity contribution in [2.45, 2.75) is 6.18 Å². The number of likely N-dealkylation sites (tertiary alicyclic amines) is 1. The molecule has 0 unspecified atom stereocenters. The number of nitrogens with zero attached hydrogens (tertiary/aromatic N) is 4. The summed E-state index contributed by atoms with van der Waals surface area (Å²) in [7, 11) is 1.61. The summed E-state index contributed by atoms with van der Waals surface area (Å²) in [5.41, 5.74) is -2.68. The molecule has 12 heteroatoms. The number of halogens is 3. The van der Waals surface area contributed by atoms with Gasteiger partial charge in [-0.05, 0) is 6.07 Å². The monoisotopic (exact) mass is 454 g/mol. The summed E-state index contributed by atoms with van der Waals surface area (Å²) in [4.78, 5) is 30.3. The predicted octanol–water partition coefficient (Wildman–Crippen LogP) is 2.36. The molecule has 1 aromatic carbocycles. The highest BCUT2D eigenvalue weighted by Gasteiger charge is 2.48. The molecule has 2 fully saturated rings. The molecule has 2 aromatic rings. The largest absolute Gasteiger partial charge is 0.416 e. The molecule has 0 atom stereocenters. The normalized spacial score (nSPS) is 17.5. The van der Waals surface area contributed by atoms with Crippen LogP contribution in [0.4, 0.5) is 24.0 Å². The highest BCUT2D eigenvalue weighted by molar-refractivity contribution is 7.22. The highest BCUT2D eigenvalue weighted by Crippen LogP contribution is 2.38. The van der Waals surface area contributed by atoms with E-state index < -0.39 is 33.3 Å². The number of nitro groups is 1. The Morgan fingerprint density at radius 1 is 1.35 bits per heavy atom. The molecule has 0 saturated carbocycles. The molecule has 0 radical (unpaired) electrons. The van der Waals surface area contributed by atoms with Gasteiger partial charge < -0.3 is 9.64 Å². The first-order valence-electron chi connectivity index (χ1n) is 9.25. The molecule has 3 heterocycles. The summed E-state index contributed by atoms with van der Waals surface area (Å²) >= 11 is 0.787. The van der Waals surface area contributed by atoms with Gasteiger partial charge in [0.15, 0.2) is 5.13 Å². The number of aromatic nitrogens is 1. The van der Waals surface area contributed by atoms with Crippen LogP contribution in [0.25, 0.3) is 10.1 Å². The Morgan fingerprint density at radius 2 is 2.06 bits per heavy atom. The van der Waals surface area contributed by atoms with Crippen molar-refractivity contribution < 1.29 is 22.8 Å². The summed E-state index contributed by atoms with van der Waals surface area (Å²) in [5.74, 6) is 6.00. The SMILES string of the molecule is CN(CC#CCN1CC2(COC2)C1)c1nc(=O)c2cc(C(F)(F)F)cc([N+](=O)[O-])c2s1. The Balaban J connectivity index is 1.52. The van der Waals surface area contributed by atoms with Crippen LogP contribution in [0, 0.1) is 27.4 Å². The van der Waals surface area contributed by atoms with Crippen molar-refractivity contribution in [1.29, 1.82) is 0 Å². The zero-order valence-electron chi connectivity index (χ0n) is 16.4. The van der Waals surface area contributed by atoms with Crippen molar-refractivity contribution in [2.24, 2.45) is 5.41 Å². The molecule has 8 nitrogen and oxygen atoms in total. The molecule has 2 saturated heterocycles. The van der Waals surface area contributed by atoms with E-state index >= 15 is 0 Å². The van der Waals surface area contributed by atoms with Gasteiger partial charge in [0.2, 0.25) is 0 Å². The van der Waals surface area contributed by atoms with E-state index in [-0.39, 0.29) is 16.4 Å². The predicted molar refractivity (Wildman–Crippen MR) is 108 cm³/mol. The number of nitro benzene ring substituents is 1. The molecule has 1 aromatic heterocycles. The van der Waals surface area contributed by atoms with Gasteiger partial charge in [-0.15, -0.1) is 0 Å². The first-order valence-corrected chi connectivity index (χ1v) is 10.1. The Kier molecular flexibility index (Phi) is 5.36. The van der Waals surface area contributed by atoms with Gasteiger partial charge in [0.25, 0.3) is 11.2 Å². The number of hydrogen-bond acceptors (Lipinski definition) is 8.